The number of aromatic nitrogens is 3. The first-order chi connectivity index (χ1) is 18.1. The zero-order valence-electron chi connectivity index (χ0n) is 20.0. The Morgan fingerprint density at radius 3 is 2.34 bits per heavy atom. The van der Waals surface area contributed by atoms with Crippen LogP contribution in [-0.2, 0) is 0 Å². The number of piperidine rings is 1. The van der Waals surface area contributed by atoms with Crippen molar-refractivity contribution in [2.45, 2.75) is 19.3 Å². The molecule has 1 aliphatic heterocycles. The molecule has 0 spiro atoms. The van der Waals surface area contributed by atoms with Crippen LogP contribution >= 0.6 is 23.7 Å². The molecular weight excluding hydrogens is 531 g/mol. The number of hydrogen-bond donors (Lipinski definition) is 1. The van der Waals surface area contributed by atoms with Crippen LogP contribution in [0.15, 0.2) is 53.9 Å². The molecule has 1 fully saturated rings. The van der Waals surface area contributed by atoms with Gasteiger partial charge in [-0.2, -0.15) is 10.4 Å². The van der Waals surface area contributed by atoms with Gasteiger partial charge in [-0.3, -0.25) is 5.10 Å². The minimum atomic E-state index is -1.40. The number of nitriles is 1. The van der Waals surface area contributed by atoms with Gasteiger partial charge in [0.2, 0.25) is 0 Å². The van der Waals surface area contributed by atoms with Gasteiger partial charge in [0.1, 0.15) is 11.9 Å². The molecule has 5 nitrogen and oxygen atoms in total. The van der Waals surface area contributed by atoms with E-state index in [1.165, 1.54) is 17.8 Å². The van der Waals surface area contributed by atoms with Gasteiger partial charge in [0.05, 0.1) is 32.8 Å². The van der Waals surface area contributed by atoms with Crippen LogP contribution in [-0.4, -0.2) is 28.3 Å². The summed E-state index contributed by atoms with van der Waals surface area (Å²) in [5, 5.41) is 20.1. The van der Waals surface area contributed by atoms with E-state index in [1.54, 1.807) is 0 Å². The average Bonchev–Trinajstić information content (AvgIpc) is 3.61. The van der Waals surface area contributed by atoms with E-state index in [0.29, 0.717) is 28.3 Å². The minimum Gasteiger partial charge on any atom is -0.372 e. The molecule has 3 aromatic heterocycles. The summed E-state index contributed by atoms with van der Waals surface area (Å²) in [6, 6.07) is 15.2. The molecule has 5 aromatic rings. The Morgan fingerprint density at radius 1 is 0.921 bits per heavy atom. The maximum Gasteiger partial charge on any atom is 0.182 e. The summed E-state index contributed by atoms with van der Waals surface area (Å²) in [6.07, 6.45) is 3.49. The summed E-state index contributed by atoms with van der Waals surface area (Å²) >= 11 is 1.48. The largest absolute Gasteiger partial charge is 0.372 e. The highest BCUT2D eigenvalue weighted by molar-refractivity contribution is 7.13. The van der Waals surface area contributed by atoms with Gasteiger partial charge in [-0.15, -0.1) is 23.7 Å². The lowest BCUT2D eigenvalue weighted by molar-refractivity contribution is 0.498. The van der Waals surface area contributed by atoms with E-state index >= 15 is 0 Å². The smallest absolute Gasteiger partial charge is 0.182 e. The number of fused-ring (bicyclic) bond motifs is 1. The number of nitrogens with one attached hydrogen (secondary N) is 1. The zero-order chi connectivity index (χ0) is 25.5. The number of pyridine rings is 1. The summed E-state index contributed by atoms with van der Waals surface area (Å²) in [5.41, 5.74) is 1.97. The molecule has 1 saturated heterocycles. The predicted octanol–water partition coefficient (Wildman–Crippen LogP) is 7.72. The molecule has 0 saturated carbocycles. The second-order valence-corrected chi connectivity index (χ2v) is 9.86. The van der Waals surface area contributed by atoms with Crippen LogP contribution in [0.25, 0.3) is 44.0 Å². The maximum atomic E-state index is 14.9. The first-order valence-corrected chi connectivity index (χ1v) is 12.8. The van der Waals surface area contributed by atoms with Crippen LogP contribution in [0.4, 0.5) is 18.9 Å². The fraction of sp³-hybridized carbons (Fsp3) is 0.179. The monoisotopic (exact) mass is 551 g/mol. The number of halogens is 4. The van der Waals surface area contributed by atoms with Crippen LogP contribution in [0.3, 0.4) is 0 Å². The van der Waals surface area contributed by atoms with Crippen LogP contribution in [0, 0.1) is 28.8 Å². The molecule has 10 heteroatoms. The van der Waals surface area contributed by atoms with E-state index in [9.17, 15) is 18.4 Å². The quantitative estimate of drug-likeness (QED) is 0.232. The van der Waals surface area contributed by atoms with Crippen molar-refractivity contribution < 1.29 is 13.2 Å². The number of benzene rings is 2. The van der Waals surface area contributed by atoms with Crippen LogP contribution in [0.2, 0.25) is 0 Å². The Labute approximate surface area is 227 Å². The normalized spacial score (nSPS) is 13.4. The van der Waals surface area contributed by atoms with Crippen molar-refractivity contribution in [2.75, 3.05) is 18.0 Å². The molecule has 38 heavy (non-hydrogen) atoms. The molecule has 0 amide bonds. The van der Waals surface area contributed by atoms with Gasteiger partial charge in [0.15, 0.2) is 17.3 Å². The lowest BCUT2D eigenvalue weighted by Crippen LogP contribution is -2.29. The zero-order valence-corrected chi connectivity index (χ0v) is 21.6. The molecule has 0 aliphatic carbocycles. The number of anilines is 1. The van der Waals surface area contributed by atoms with E-state index in [1.807, 2.05) is 41.8 Å². The summed E-state index contributed by atoms with van der Waals surface area (Å²) in [7, 11) is 0. The first kappa shape index (κ1) is 25.8. The molecular formula is C28H21ClF3N5S. The molecule has 6 rings (SSSR count). The molecule has 0 radical (unpaired) electrons. The average molecular weight is 552 g/mol. The number of rotatable bonds is 4. The third-order valence-corrected chi connectivity index (χ3v) is 7.63. The SMILES string of the molecule is Cl.N#Cc1c(-c2c(F)ccc(F)c2F)nc2n[nH]c(-c3cccs3)c2c1-c1ccc(N2CCCCC2)cc1. The van der Waals surface area contributed by atoms with Gasteiger partial charge in [0.25, 0.3) is 0 Å². The van der Waals surface area contributed by atoms with Crippen molar-refractivity contribution in [1.29, 1.82) is 5.26 Å². The third kappa shape index (κ3) is 4.30. The molecule has 4 heterocycles. The van der Waals surface area contributed by atoms with E-state index in [0.717, 1.165) is 42.6 Å². The third-order valence-electron chi connectivity index (χ3n) is 6.74. The Hall–Kier alpha value is -3.87. The van der Waals surface area contributed by atoms with Gasteiger partial charge < -0.3 is 4.90 Å². The standard InChI is InChI=1S/C28H20F3N5S.ClH/c29-19-10-11-20(30)25(31)23(19)26-18(15-32)22(16-6-8-17(9-7-16)36-12-2-1-3-13-36)24-27(21-5-4-14-37-21)34-35-28(24)33-26;/h4-11,14H,1-3,12-13H2,(H,33,34,35);1H. The Morgan fingerprint density at radius 2 is 1.66 bits per heavy atom. The minimum absolute atomic E-state index is 0. The van der Waals surface area contributed by atoms with E-state index < -0.39 is 23.0 Å². The number of H-pyrrole nitrogens is 1. The van der Waals surface area contributed by atoms with E-state index in [-0.39, 0.29) is 29.3 Å². The fourth-order valence-corrected chi connectivity index (χ4v) is 5.69. The van der Waals surface area contributed by atoms with Crippen LogP contribution in [0.1, 0.15) is 24.8 Å². The van der Waals surface area contributed by atoms with E-state index in [2.05, 4.69) is 26.2 Å². The molecule has 192 valence electrons. The Kier molecular flexibility index (Phi) is 7.11. The Balaban J connectivity index is 0.00000294. The highest BCUT2D eigenvalue weighted by Crippen LogP contribution is 2.42. The molecule has 0 atom stereocenters. The number of hydrogen-bond acceptors (Lipinski definition) is 5. The summed E-state index contributed by atoms with van der Waals surface area (Å²) < 4.78 is 43.9. The number of aromatic amines is 1. The van der Waals surface area contributed by atoms with Crippen molar-refractivity contribution in [2.24, 2.45) is 0 Å². The van der Waals surface area contributed by atoms with Crippen molar-refractivity contribution in [3.05, 3.63) is 76.9 Å². The maximum absolute atomic E-state index is 14.9. The summed E-state index contributed by atoms with van der Waals surface area (Å²) in [6.45, 7) is 1.96. The number of thiophene rings is 1. The van der Waals surface area contributed by atoms with Crippen molar-refractivity contribution >= 4 is 40.5 Å². The highest BCUT2D eigenvalue weighted by Gasteiger charge is 2.27. The fourth-order valence-electron chi connectivity index (χ4n) is 4.97. The van der Waals surface area contributed by atoms with Crippen molar-refractivity contribution in [1.82, 2.24) is 15.2 Å². The van der Waals surface area contributed by atoms with Gasteiger partial charge in [-0.05, 0) is 60.5 Å². The second-order valence-electron chi connectivity index (χ2n) is 8.91. The molecule has 2 aromatic carbocycles. The highest BCUT2D eigenvalue weighted by atomic mass is 35.5. The van der Waals surface area contributed by atoms with Gasteiger partial charge in [0, 0.05) is 24.3 Å². The van der Waals surface area contributed by atoms with Crippen molar-refractivity contribution in [3.8, 4) is 39.0 Å². The summed E-state index contributed by atoms with van der Waals surface area (Å²) in [5.74, 6) is -3.64. The van der Waals surface area contributed by atoms with Gasteiger partial charge in [-0.25, -0.2) is 18.2 Å². The molecule has 1 N–H and O–H groups in total. The topological polar surface area (TPSA) is 68.6 Å². The molecule has 0 unspecified atom stereocenters. The van der Waals surface area contributed by atoms with Crippen LogP contribution < -0.4 is 4.90 Å². The lowest BCUT2D eigenvalue weighted by atomic mass is 9.92. The van der Waals surface area contributed by atoms with Gasteiger partial charge >= 0.3 is 0 Å². The van der Waals surface area contributed by atoms with Crippen molar-refractivity contribution in [3.63, 3.8) is 0 Å². The second kappa shape index (κ2) is 10.5. The number of nitrogens with zero attached hydrogens (tertiary/aromatic N) is 4. The predicted molar refractivity (Wildman–Crippen MR) is 146 cm³/mol. The first-order valence-electron chi connectivity index (χ1n) is 11.9. The van der Waals surface area contributed by atoms with Crippen LogP contribution in [0.5, 0.6) is 0 Å². The lowest BCUT2D eigenvalue weighted by Gasteiger charge is -2.29. The van der Waals surface area contributed by atoms with Gasteiger partial charge in [-0.1, -0.05) is 18.2 Å². The van der Waals surface area contributed by atoms with E-state index in [4.69, 9.17) is 0 Å². The molecule has 0 bridgehead atoms. The Bertz CT molecular complexity index is 1650. The molecule has 1 aliphatic rings. The summed E-state index contributed by atoms with van der Waals surface area (Å²) in [4.78, 5) is 7.56.